The van der Waals surface area contributed by atoms with Gasteiger partial charge in [0.15, 0.2) is 17.2 Å². The van der Waals surface area contributed by atoms with Crippen LogP contribution in [0.3, 0.4) is 0 Å². The molecule has 0 aliphatic carbocycles. The number of carbonyl (C=O) groups is 1. The molecule has 0 spiro atoms. The second kappa shape index (κ2) is 10.0. The molecular formula is C34H32F3N2O6S+. The fraction of sp³-hybridized carbons (Fsp3) is 0.294. The second-order valence-corrected chi connectivity index (χ2v) is 14.5. The van der Waals surface area contributed by atoms with E-state index < -0.39 is 56.0 Å². The van der Waals surface area contributed by atoms with Crippen LogP contribution in [0, 0.1) is 17.5 Å². The zero-order chi connectivity index (χ0) is 33.8. The summed E-state index contributed by atoms with van der Waals surface area (Å²) in [6.07, 6.45) is 3.72. The van der Waals surface area contributed by atoms with Crippen LogP contribution < -0.4 is 24.8 Å². The molecule has 0 saturated carbocycles. The number of hydrogen-bond donors (Lipinski definition) is 2. The third-order valence-corrected chi connectivity index (χ3v) is 9.92. The van der Waals surface area contributed by atoms with Crippen LogP contribution >= 0.6 is 0 Å². The zero-order valence-electron chi connectivity index (χ0n) is 26.2. The van der Waals surface area contributed by atoms with E-state index in [9.17, 15) is 27.3 Å². The van der Waals surface area contributed by atoms with Crippen molar-refractivity contribution < 1.29 is 40.8 Å². The van der Waals surface area contributed by atoms with Gasteiger partial charge in [-0.3, -0.25) is 4.55 Å². The quantitative estimate of drug-likeness (QED) is 0.182. The van der Waals surface area contributed by atoms with E-state index in [2.05, 4.69) is 0 Å². The van der Waals surface area contributed by atoms with E-state index in [1.807, 2.05) is 57.2 Å². The number of rotatable bonds is 4. The van der Waals surface area contributed by atoms with E-state index in [4.69, 9.17) is 4.74 Å². The predicted octanol–water partition coefficient (Wildman–Crippen LogP) is 4.97. The van der Waals surface area contributed by atoms with Gasteiger partial charge in [-0.25, -0.2) is 22.5 Å². The van der Waals surface area contributed by atoms with Crippen molar-refractivity contribution in [2.75, 3.05) is 24.7 Å². The second-order valence-electron chi connectivity index (χ2n) is 13.1. The number of anilines is 1. The zero-order valence-corrected chi connectivity index (χ0v) is 27.0. The van der Waals surface area contributed by atoms with E-state index in [0.717, 1.165) is 16.8 Å². The van der Waals surface area contributed by atoms with Gasteiger partial charge in [0.05, 0.1) is 17.2 Å². The molecule has 3 aliphatic rings. The third kappa shape index (κ3) is 4.82. The molecular weight excluding hydrogens is 621 g/mol. The van der Waals surface area contributed by atoms with Crippen LogP contribution in [0.15, 0.2) is 42.5 Å². The molecule has 3 aromatic rings. The summed E-state index contributed by atoms with van der Waals surface area (Å²) in [6, 6.07) is 6.88. The lowest BCUT2D eigenvalue weighted by Crippen LogP contribution is -2.47. The van der Waals surface area contributed by atoms with Crippen LogP contribution in [0.4, 0.5) is 18.9 Å². The predicted molar refractivity (Wildman–Crippen MR) is 169 cm³/mol. The number of aromatic carboxylic acids is 1. The SMILES string of the molecule is CC1=CC(C)(C)N(C)c2cc3c(cc21)C(c1c(F)cc(F)c(F)c1C(=O)O)=c1cc2c(cc1O3)=[N+](C)C(C)(C)C=C2CS(=O)(=O)O. The number of likely N-dealkylation sites (N-methyl/N-ethyl adjacent to an activating group) is 2. The molecule has 8 nitrogen and oxygen atoms in total. The Morgan fingerprint density at radius 3 is 2.26 bits per heavy atom. The van der Waals surface area contributed by atoms with Crippen molar-refractivity contribution in [2.45, 2.75) is 45.7 Å². The molecule has 0 saturated heterocycles. The Balaban J connectivity index is 1.82. The van der Waals surface area contributed by atoms with Crippen molar-refractivity contribution in [2.24, 2.45) is 0 Å². The number of ether oxygens (including phenoxy) is 1. The Labute approximate surface area is 263 Å². The molecule has 240 valence electrons. The first-order chi connectivity index (χ1) is 21.2. The van der Waals surface area contributed by atoms with Gasteiger partial charge >= 0.3 is 5.97 Å². The lowest BCUT2D eigenvalue weighted by Gasteiger charge is -2.41. The van der Waals surface area contributed by atoms with Gasteiger partial charge in [-0.2, -0.15) is 8.42 Å². The number of benzene rings is 3. The van der Waals surface area contributed by atoms with E-state index >= 15 is 8.78 Å². The van der Waals surface area contributed by atoms with Gasteiger partial charge in [0.1, 0.15) is 35.7 Å². The van der Waals surface area contributed by atoms with Crippen LogP contribution in [-0.2, 0) is 10.1 Å². The largest absolute Gasteiger partial charge is 0.478 e. The Morgan fingerprint density at radius 1 is 0.957 bits per heavy atom. The average Bonchev–Trinajstić information content (AvgIpc) is 2.92. The molecule has 46 heavy (non-hydrogen) atoms. The first kappa shape index (κ1) is 31.6. The molecule has 12 heteroatoms. The Hall–Kier alpha value is -4.42. The van der Waals surface area contributed by atoms with Gasteiger partial charge in [-0.15, -0.1) is 0 Å². The number of hydrogen-bond acceptors (Lipinski definition) is 5. The van der Waals surface area contributed by atoms with Gasteiger partial charge < -0.3 is 14.7 Å². The average molecular weight is 654 g/mol. The van der Waals surface area contributed by atoms with Crippen molar-refractivity contribution in [1.82, 2.24) is 4.58 Å². The first-order valence-electron chi connectivity index (χ1n) is 14.4. The van der Waals surface area contributed by atoms with E-state index in [1.165, 1.54) is 6.07 Å². The Kier molecular flexibility index (Phi) is 6.89. The maximum Gasteiger partial charge on any atom is 0.339 e. The van der Waals surface area contributed by atoms with Gasteiger partial charge in [0.25, 0.3) is 10.1 Å². The molecule has 0 aromatic heterocycles. The van der Waals surface area contributed by atoms with Gasteiger partial charge in [-0.1, -0.05) is 6.08 Å². The number of allylic oxidation sites excluding steroid dienone is 1. The summed E-state index contributed by atoms with van der Waals surface area (Å²) >= 11 is 0. The number of fused-ring (bicyclic) bond motifs is 4. The van der Waals surface area contributed by atoms with Crippen molar-refractivity contribution in [3.05, 3.63) is 98.3 Å². The van der Waals surface area contributed by atoms with E-state index in [0.29, 0.717) is 17.0 Å². The molecule has 0 radical (unpaired) electrons. The molecule has 0 bridgehead atoms. The summed E-state index contributed by atoms with van der Waals surface area (Å²) in [5, 5.41) is 10.7. The Bertz CT molecular complexity index is 2240. The molecule has 2 N–H and O–H groups in total. The summed E-state index contributed by atoms with van der Waals surface area (Å²) in [4.78, 5) is 14.5. The molecule has 3 aliphatic heterocycles. The minimum Gasteiger partial charge on any atom is -0.478 e. The summed E-state index contributed by atoms with van der Waals surface area (Å²) < 4.78 is 87.9. The minimum absolute atomic E-state index is 0.0744. The van der Waals surface area contributed by atoms with Crippen molar-refractivity contribution in [3.63, 3.8) is 0 Å². The monoisotopic (exact) mass is 653 g/mol. The number of carboxylic acid groups (broad SMARTS) is 1. The molecule has 0 unspecified atom stereocenters. The van der Waals surface area contributed by atoms with Crippen LogP contribution in [0.25, 0.3) is 16.7 Å². The van der Waals surface area contributed by atoms with Crippen LogP contribution in [0.2, 0.25) is 0 Å². The van der Waals surface area contributed by atoms with Crippen molar-refractivity contribution in [1.29, 1.82) is 0 Å². The van der Waals surface area contributed by atoms with E-state index in [1.54, 1.807) is 31.3 Å². The minimum atomic E-state index is -4.50. The normalized spacial score (nSPS) is 17.7. The first-order valence-corrected chi connectivity index (χ1v) is 16.0. The molecule has 0 fully saturated rings. The topological polar surface area (TPSA) is 107 Å². The summed E-state index contributed by atoms with van der Waals surface area (Å²) in [5.41, 5.74) is 0.163. The maximum atomic E-state index is 15.9. The van der Waals surface area contributed by atoms with Gasteiger partial charge in [-0.05, 0) is 50.1 Å². The van der Waals surface area contributed by atoms with Gasteiger partial charge in [0.2, 0.25) is 5.36 Å². The highest BCUT2D eigenvalue weighted by atomic mass is 32.2. The Morgan fingerprint density at radius 2 is 1.63 bits per heavy atom. The van der Waals surface area contributed by atoms with Crippen LogP contribution in [0.5, 0.6) is 11.5 Å². The number of halogens is 3. The van der Waals surface area contributed by atoms with Crippen molar-refractivity contribution in [3.8, 4) is 11.5 Å². The highest BCUT2D eigenvalue weighted by Crippen LogP contribution is 2.47. The summed E-state index contributed by atoms with van der Waals surface area (Å²) in [6.45, 7) is 9.66. The standard InChI is InChI=1S/C34H31F3N2O6S/c1-16-13-33(2,3)38(6)24-11-26-20(8-18(16)24)28(29-22(35)10-23(36)31(37)30(29)32(40)41)21-9-19-17(15-46(42,43)44)14-34(4,5)39(7)25(19)12-27(21)45-26/h8-14H,15H2,1-7H3,(H-,40,41,42,43,44)/p+1. The number of nitrogens with zero attached hydrogens (tertiary/aromatic N) is 2. The lowest BCUT2D eigenvalue weighted by molar-refractivity contribution is 0.0689. The fourth-order valence-corrected chi connectivity index (χ4v) is 7.27. The van der Waals surface area contributed by atoms with Gasteiger partial charge in [0, 0.05) is 66.2 Å². The van der Waals surface area contributed by atoms with Crippen LogP contribution in [-0.4, -0.2) is 55.0 Å². The van der Waals surface area contributed by atoms with E-state index in [-0.39, 0.29) is 39.0 Å². The maximum absolute atomic E-state index is 15.9. The molecule has 0 atom stereocenters. The smallest absolute Gasteiger partial charge is 0.339 e. The van der Waals surface area contributed by atoms with Crippen LogP contribution in [0.1, 0.15) is 67.2 Å². The molecule has 3 heterocycles. The molecule has 6 rings (SSSR count). The summed E-state index contributed by atoms with van der Waals surface area (Å²) in [5.74, 6) is -6.93. The molecule has 0 amide bonds. The fourth-order valence-electron chi connectivity index (χ4n) is 6.64. The summed E-state index contributed by atoms with van der Waals surface area (Å²) in [7, 11) is -0.809. The third-order valence-electron chi connectivity index (χ3n) is 9.25. The van der Waals surface area contributed by atoms with Crippen molar-refractivity contribution >= 4 is 38.5 Å². The highest BCUT2D eigenvalue weighted by molar-refractivity contribution is 7.86. The highest BCUT2D eigenvalue weighted by Gasteiger charge is 2.37. The lowest BCUT2D eigenvalue weighted by atomic mass is 9.83. The number of carboxylic acids is 1. The molecule has 3 aromatic carbocycles.